The van der Waals surface area contributed by atoms with Crippen molar-refractivity contribution in [2.75, 3.05) is 0 Å². The maximum Gasteiger partial charge on any atom is 0.139 e. The van der Waals surface area contributed by atoms with Crippen LogP contribution in [0.1, 0.15) is 0 Å². The predicted octanol–water partition coefficient (Wildman–Crippen LogP) is 12.3. The van der Waals surface area contributed by atoms with E-state index >= 15 is 0 Å². The second-order valence-corrected chi connectivity index (χ2v) is 12.3. The lowest BCUT2D eigenvalue weighted by atomic mass is 9.87. The van der Waals surface area contributed by atoms with Gasteiger partial charge in [-0.05, 0) is 51.4 Å². The zero-order chi connectivity index (χ0) is 28.1. The average molecular weight is 567 g/mol. The molecule has 0 aliphatic rings. The fourth-order valence-electron chi connectivity index (χ4n) is 7.01. The van der Waals surface area contributed by atoms with Crippen LogP contribution in [0.4, 0.5) is 0 Å². The predicted molar refractivity (Wildman–Crippen MR) is 182 cm³/mol. The van der Waals surface area contributed by atoms with Gasteiger partial charge in [-0.15, -0.1) is 11.3 Å². The van der Waals surface area contributed by atoms with Crippen molar-refractivity contribution in [1.29, 1.82) is 0 Å². The summed E-state index contributed by atoms with van der Waals surface area (Å²) in [5.41, 5.74) is 6.23. The molecule has 0 aliphatic carbocycles. The summed E-state index contributed by atoms with van der Waals surface area (Å²) in [6.07, 6.45) is 0. The Morgan fingerprint density at radius 3 is 1.79 bits per heavy atom. The van der Waals surface area contributed by atoms with Gasteiger partial charge in [0, 0.05) is 53.5 Å². The van der Waals surface area contributed by atoms with Crippen LogP contribution in [0.25, 0.3) is 97.1 Å². The topological polar surface area (TPSA) is 26.3 Å². The maximum atomic E-state index is 6.67. The third kappa shape index (κ3) is 3.23. The van der Waals surface area contributed by atoms with Gasteiger partial charge in [0.2, 0.25) is 0 Å². The Labute approximate surface area is 250 Å². The summed E-state index contributed by atoms with van der Waals surface area (Å²) in [6.45, 7) is 0. The van der Waals surface area contributed by atoms with E-state index in [2.05, 4.69) is 115 Å². The lowest BCUT2D eigenvalue weighted by Gasteiger charge is -2.16. The Bertz CT molecular complexity index is 2680. The van der Waals surface area contributed by atoms with Gasteiger partial charge >= 0.3 is 0 Å². The van der Waals surface area contributed by atoms with E-state index in [1.54, 1.807) is 0 Å². The van der Waals surface area contributed by atoms with Crippen LogP contribution in [0.3, 0.4) is 0 Å². The number of hydrogen-bond donors (Lipinski definition) is 0. The minimum absolute atomic E-state index is 0.828. The molecular weight excluding hydrogens is 545 g/mol. The standard InChI is InChI=1S/C40H22O2S/c1-3-14-28-26(12-1)38(31-17-9-16-30-25-11-6-8-19-37(25)43-40(30)31)27-13-2-4-15-29(27)39(28)36-21-23-20-32-24-10-5-7-18-33(24)41-35(32)22-34(23)42-36/h1-22H. The van der Waals surface area contributed by atoms with E-state index in [0.29, 0.717) is 0 Å². The third-order valence-corrected chi connectivity index (χ3v) is 10.1. The lowest BCUT2D eigenvalue weighted by Crippen LogP contribution is -1.90. The molecule has 43 heavy (non-hydrogen) atoms. The van der Waals surface area contributed by atoms with Crippen molar-refractivity contribution >= 4 is 86.0 Å². The van der Waals surface area contributed by atoms with Gasteiger partial charge in [-0.2, -0.15) is 0 Å². The summed E-state index contributed by atoms with van der Waals surface area (Å²) in [7, 11) is 0. The first-order chi connectivity index (χ1) is 21.3. The van der Waals surface area contributed by atoms with Crippen molar-refractivity contribution in [3.8, 4) is 22.5 Å². The molecule has 200 valence electrons. The zero-order valence-electron chi connectivity index (χ0n) is 22.9. The highest BCUT2D eigenvalue weighted by Crippen LogP contribution is 2.48. The summed E-state index contributed by atoms with van der Waals surface area (Å²) < 4.78 is 15.5. The van der Waals surface area contributed by atoms with Crippen LogP contribution < -0.4 is 0 Å². The van der Waals surface area contributed by atoms with Gasteiger partial charge in [0.15, 0.2) is 0 Å². The minimum Gasteiger partial charge on any atom is -0.456 e. The zero-order valence-corrected chi connectivity index (χ0v) is 23.7. The number of furan rings is 2. The number of para-hydroxylation sites is 1. The minimum atomic E-state index is 0.828. The lowest BCUT2D eigenvalue weighted by molar-refractivity contribution is 0.629. The molecule has 0 bridgehead atoms. The SMILES string of the molecule is c1ccc2c(c1)oc1cc3oc(-c4c5ccccc5c(-c5cccc6c5sc5ccccc56)c5ccccc45)cc3cc12. The van der Waals surface area contributed by atoms with E-state index < -0.39 is 0 Å². The molecule has 2 nitrogen and oxygen atoms in total. The Kier molecular flexibility index (Phi) is 4.63. The second kappa shape index (κ2) is 8.57. The summed E-state index contributed by atoms with van der Waals surface area (Å²) in [4.78, 5) is 0. The van der Waals surface area contributed by atoms with Crippen LogP contribution in [0.15, 0.2) is 142 Å². The van der Waals surface area contributed by atoms with E-state index in [0.717, 1.165) is 44.2 Å². The van der Waals surface area contributed by atoms with Crippen LogP contribution in [-0.4, -0.2) is 0 Å². The average Bonchev–Trinajstić information content (AvgIpc) is 3.75. The molecule has 0 radical (unpaired) electrons. The van der Waals surface area contributed by atoms with Crippen LogP contribution in [-0.2, 0) is 0 Å². The van der Waals surface area contributed by atoms with Crippen molar-refractivity contribution in [2.24, 2.45) is 0 Å². The summed E-state index contributed by atoms with van der Waals surface area (Å²) in [5.74, 6) is 0.867. The van der Waals surface area contributed by atoms with Crippen molar-refractivity contribution < 1.29 is 8.83 Å². The Balaban J connectivity index is 1.29. The molecule has 3 aromatic heterocycles. The van der Waals surface area contributed by atoms with Crippen molar-refractivity contribution in [1.82, 2.24) is 0 Å². The first-order valence-corrected chi connectivity index (χ1v) is 15.3. The molecule has 7 aromatic carbocycles. The number of hydrogen-bond acceptors (Lipinski definition) is 3. The van der Waals surface area contributed by atoms with Crippen molar-refractivity contribution in [3.05, 3.63) is 133 Å². The number of fused-ring (bicyclic) bond motifs is 9. The molecule has 10 aromatic rings. The fourth-order valence-corrected chi connectivity index (χ4v) is 8.23. The fraction of sp³-hybridized carbons (Fsp3) is 0. The molecule has 0 spiro atoms. The highest BCUT2D eigenvalue weighted by Gasteiger charge is 2.21. The Morgan fingerprint density at radius 2 is 1.02 bits per heavy atom. The van der Waals surface area contributed by atoms with Crippen LogP contribution in [0.5, 0.6) is 0 Å². The molecule has 0 unspecified atom stereocenters. The highest BCUT2D eigenvalue weighted by molar-refractivity contribution is 7.26. The highest BCUT2D eigenvalue weighted by atomic mass is 32.1. The van der Waals surface area contributed by atoms with E-state index in [4.69, 9.17) is 8.83 Å². The number of benzene rings is 7. The first kappa shape index (κ1) is 23.2. The molecule has 0 saturated heterocycles. The van der Waals surface area contributed by atoms with Crippen molar-refractivity contribution in [3.63, 3.8) is 0 Å². The quantitative estimate of drug-likeness (QED) is 0.195. The molecule has 0 atom stereocenters. The molecule has 0 aliphatic heterocycles. The molecule has 3 heteroatoms. The number of rotatable bonds is 2. The first-order valence-electron chi connectivity index (χ1n) is 14.5. The smallest absolute Gasteiger partial charge is 0.139 e. The third-order valence-electron chi connectivity index (χ3n) is 8.87. The number of thiophene rings is 1. The van der Waals surface area contributed by atoms with Gasteiger partial charge in [-0.25, -0.2) is 0 Å². The molecule has 0 amide bonds. The van der Waals surface area contributed by atoms with E-state index in [-0.39, 0.29) is 0 Å². The maximum absolute atomic E-state index is 6.67. The monoisotopic (exact) mass is 566 g/mol. The summed E-state index contributed by atoms with van der Waals surface area (Å²) in [6, 6.07) is 47.6. The molecule has 0 saturated carbocycles. The normalized spacial score (nSPS) is 12.2. The van der Waals surface area contributed by atoms with Gasteiger partial charge < -0.3 is 8.83 Å². The van der Waals surface area contributed by atoms with Crippen LogP contribution in [0, 0.1) is 0 Å². The van der Waals surface area contributed by atoms with Gasteiger partial charge in [-0.1, -0.05) is 103 Å². The Hall–Kier alpha value is -5.38. The Morgan fingerprint density at radius 1 is 0.395 bits per heavy atom. The summed E-state index contributed by atoms with van der Waals surface area (Å²) >= 11 is 1.88. The van der Waals surface area contributed by atoms with Crippen LogP contribution in [0.2, 0.25) is 0 Å². The molecule has 0 fully saturated rings. The van der Waals surface area contributed by atoms with Gasteiger partial charge in [0.1, 0.15) is 22.5 Å². The molecule has 10 rings (SSSR count). The molecule has 0 N–H and O–H groups in total. The van der Waals surface area contributed by atoms with Gasteiger partial charge in [0.25, 0.3) is 0 Å². The van der Waals surface area contributed by atoms with Crippen LogP contribution >= 0.6 is 11.3 Å². The van der Waals surface area contributed by atoms with Gasteiger partial charge in [0.05, 0.1) is 0 Å². The van der Waals surface area contributed by atoms with Gasteiger partial charge in [-0.3, -0.25) is 0 Å². The summed E-state index contributed by atoms with van der Waals surface area (Å²) in [5, 5.41) is 10.7. The van der Waals surface area contributed by atoms with E-state index in [9.17, 15) is 0 Å². The van der Waals surface area contributed by atoms with E-state index in [1.807, 2.05) is 29.5 Å². The largest absolute Gasteiger partial charge is 0.456 e. The molecule has 3 heterocycles. The van der Waals surface area contributed by atoms with E-state index in [1.165, 1.54) is 52.8 Å². The molecular formula is C40H22O2S. The second-order valence-electron chi connectivity index (χ2n) is 11.2. The van der Waals surface area contributed by atoms with Crippen molar-refractivity contribution in [2.45, 2.75) is 0 Å².